The van der Waals surface area contributed by atoms with Crippen LogP contribution in [0.15, 0.2) is 71.6 Å². The van der Waals surface area contributed by atoms with E-state index < -0.39 is 22.5 Å². The number of ether oxygens (including phenoxy) is 2. The van der Waals surface area contributed by atoms with Gasteiger partial charge in [-0.2, -0.15) is 8.78 Å². The number of benzene rings is 3. The monoisotopic (exact) mass is 462 g/mol. The number of methoxy groups -OCH3 is 1. The molecule has 0 aliphatic heterocycles. The number of rotatable bonds is 8. The van der Waals surface area contributed by atoms with E-state index in [0.717, 1.165) is 11.6 Å². The standard InChI is InChI=1S/C22H20F2N2O5S/c1-30-20-10-8-17(32(25,28)29)13-18(20)21(27)26-16-7-9-19(31-22(23)24)15(12-16)11-14-5-3-2-4-6-14/h2-10,12-13,22H,11H2,1H3,(H,26,27)(H2,25,28,29). The summed E-state index contributed by atoms with van der Waals surface area (Å²) in [6.07, 6.45) is 0.289. The predicted molar refractivity (Wildman–Crippen MR) is 115 cm³/mol. The van der Waals surface area contributed by atoms with Crippen LogP contribution in [0.4, 0.5) is 14.5 Å². The Balaban J connectivity index is 1.93. The predicted octanol–water partition coefficient (Wildman–Crippen LogP) is 3.79. The van der Waals surface area contributed by atoms with E-state index in [1.165, 1.54) is 37.4 Å². The third-order valence-corrected chi connectivity index (χ3v) is 5.43. The molecule has 32 heavy (non-hydrogen) atoms. The van der Waals surface area contributed by atoms with Crippen LogP contribution in [0.25, 0.3) is 0 Å². The van der Waals surface area contributed by atoms with Crippen molar-refractivity contribution in [2.24, 2.45) is 5.14 Å². The smallest absolute Gasteiger partial charge is 0.387 e. The van der Waals surface area contributed by atoms with E-state index in [-0.39, 0.29) is 28.4 Å². The number of nitrogens with two attached hydrogens (primary N) is 1. The molecule has 10 heteroatoms. The average molecular weight is 462 g/mol. The Morgan fingerprint density at radius 2 is 1.72 bits per heavy atom. The SMILES string of the molecule is COc1ccc(S(N)(=O)=O)cc1C(=O)Nc1ccc(OC(F)F)c(Cc2ccccc2)c1. The number of primary sulfonamides is 1. The molecule has 0 aromatic heterocycles. The molecule has 0 unspecified atom stereocenters. The van der Waals surface area contributed by atoms with Crippen molar-refractivity contribution in [3.8, 4) is 11.5 Å². The van der Waals surface area contributed by atoms with Crippen molar-refractivity contribution in [3.63, 3.8) is 0 Å². The van der Waals surface area contributed by atoms with E-state index >= 15 is 0 Å². The van der Waals surface area contributed by atoms with Gasteiger partial charge in [-0.1, -0.05) is 30.3 Å². The number of amides is 1. The van der Waals surface area contributed by atoms with Crippen molar-refractivity contribution in [2.75, 3.05) is 12.4 Å². The van der Waals surface area contributed by atoms with Crippen LogP contribution in [0, 0.1) is 0 Å². The minimum Gasteiger partial charge on any atom is -0.496 e. The Labute approximate surface area is 183 Å². The zero-order chi connectivity index (χ0) is 23.3. The van der Waals surface area contributed by atoms with Crippen molar-refractivity contribution in [1.82, 2.24) is 0 Å². The lowest BCUT2D eigenvalue weighted by Crippen LogP contribution is -2.17. The van der Waals surface area contributed by atoms with Crippen LogP contribution in [0.5, 0.6) is 11.5 Å². The highest BCUT2D eigenvalue weighted by atomic mass is 32.2. The summed E-state index contributed by atoms with van der Waals surface area (Å²) in [7, 11) is -2.71. The number of nitrogens with one attached hydrogen (secondary N) is 1. The molecule has 0 radical (unpaired) electrons. The largest absolute Gasteiger partial charge is 0.496 e. The molecule has 3 rings (SSSR count). The fourth-order valence-corrected chi connectivity index (χ4v) is 3.60. The Kier molecular flexibility index (Phi) is 7.06. The summed E-state index contributed by atoms with van der Waals surface area (Å²) in [5, 5.41) is 7.76. The van der Waals surface area contributed by atoms with Gasteiger partial charge in [0, 0.05) is 17.7 Å². The first-order chi connectivity index (χ1) is 15.2. The molecule has 1 amide bonds. The maximum atomic E-state index is 12.8. The summed E-state index contributed by atoms with van der Waals surface area (Å²) in [5.41, 5.74) is 1.53. The van der Waals surface area contributed by atoms with Gasteiger partial charge in [0.05, 0.1) is 17.6 Å². The second kappa shape index (κ2) is 9.75. The fraction of sp³-hybridized carbons (Fsp3) is 0.136. The van der Waals surface area contributed by atoms with Gasteiger partial charge in [-0.05, 0) is 42.0 Å². The summed E-state index contributed by atoms with van der Waals surface area (Å²) in [4.78, 5) is 12.6. The molecule has 0 saturated carbocycles. The third-order valence-electron chi connectivity index (χ3n) is 4.52. The number of sulfonamides is 1. The Morgan fingerprint density at radius 1 is 1.03 bits per heavy atom. The van der Waals surface area contributed by atoms with Crippen LogP contribution in [0.2, 0.25) is 0 Å². The average Bonchev–Trinajstić information content (AvgIpc) is 2.75. The van der Waals surface area contributed by atoms with Gasteiger partial charge in [0.25, 0.3) is 5.91 Å². The molecule has 0 heterocycles. The molecule has 168 valence electrons. The lowest BCUT2D eigenvalue weighted by Gasteiger charge is -2.14. The van der Waals surface area contributed by atoms with Gasteiger partial charge in [0.1, 0.15) is 11.5 Å². The first-order valence-electron chi connectivity index (χ1n) is 9.31. The Hall–Kier alpha value is -3.50. The van der Waals surface area contributed by atoms with Crippen molar-refractivity contribution in [3.05, 3.63) is 83.4 Å². The number of carbonyl (C=O) groups excluding carboxylic acids is 1. The van der Waals surface area contributed by atoms with Crippen LogP contribution in [-0.4, -0.2) is 28.0 Å². The zero-order valence-electron chi connectivity index (χ0n) is 16.9. The highest BCUT2D eigenvalue weighted by Gasteiger charge is 2.18. The van der Waals surface area contributed by atoms with E-state index in [1.54, 1.807) is 0 Å². The van der Waals surface area contributed by atoms with Gasteiger partial charge >= 0.3 is 6.61 Å². The normalized spacial score (nSPS) is 11.3. The van der Waals surface area contributed by atoms with Gasteiger partial charge in [-0.25, -0.2) is 13.6 Å². The molecule has 0 aliphatic carbocycles. The molecule has 0 spiro atoms. The lowest BCUT2D eigenvalue weighted by atomic mass is 10.0. The van der Waals surface area contributed by atoms with Gasteiger partial charge in [0.15, 0.2) is 0 Å². The summed E-state index contributed by atoms with van der Waals surface area (Å²) in [6.45, 7) is -3.00. The zero-order valence-corrected chi connectivity index (χ0v) is 17.7. The van der Waals surface area contributed by atoms with Crippen LogP contribution < -0.4 is 19.9 Å². The van der Waals surface area contributed by atoms with Crippen LogP contribution >= 0.6 is 0 Å². The second-order valence-electron chi connectivity index (χ2n) is 6.72. The van der Waals surface area contributed by atoms with Gasteiger partial charge in [-0.15, -0.1) is 0 Å². The molecule has 0 atom stereocenters. The van der Waals surface area contributed by atoms with Crippen molar-refractivity contribution in [2.45, 2.75) is 17.9 Å². The highest BCUT2D eigenvalue weighted by Crippen LogP contribution is 2.28. The molecule has 0 fully saturated rings. The number of carbonyl (C=O) groups is 1. The first kappa shape index (κ1) is 23.2. The van der Waals surface area contributed by atoms with Gasteiger partial charge in [-0.3, -0.25) is 4.79 Å². The molecule has 3 N–H and O–H groups in total. The van der Waals surface area contributed by atoms with Crippen LogP contribution in [0.1, 0.15) is 21.5 Å². The summed E-state index contributed by atoms with van der Waals surface area (Å²) in [6, 6.07) is 17.0. The molecular weight excluding hydrogens is 442 g/mol. The number of halogens is 2. The van der Waals surface area contributed by atoms with E-state index in [1.807, 2.05) is 30.3 Å². The molecule has 3 aromatic carbocycles. The molecule has 0 aliphatic rings. The highest BCUT2D eigenvalue weighted by molar-refractivity contribution is 7.89. The number of anilines is 1. The maximum Gasteiger partial charge on any atom is 0.387 e. The number of alkyl halides is 2. The summed E-state index contributed by atoms with van der Waals surface area (Å²) < 4.78 is 58.7. The van der Waals surface area contributed by atoms with E-state index in [9.17, 15) is 22.0 Å². The third kappa shape index (κ3) is 5.80. The van der Waals surface area contributed by atoms with Crippen LogP contribution in [0.3, 0.4) is 0 Å². The number of hydrogen-bond acceptors (Lipinski definition) is 5. The van der Waals surface area contributed by atoms with Gasteiger partial charge < -0.3 is 14.8 Å². The molecule has 0 bridgehead atoms. The minimum atomic E-state index is -4.04. The topological polar surface area (TPSA) is 108 Å². The molecule has 3 aromatic rings. The van der Waals surface area contributed by atoms with E-state index in [2.05, 4.69) is 10.1 Å². The maximum absolute atomic E-state index is 12.8. The molecule has 0 saturated heterocycles. The van der Waals surface area contributed by atoms with Crippen molar-refractivity contribution >= 4 is 21.6 Å². The summed E-state index contributed by atoms with van der Waals surface area (Å²) >= 11 is 0. The fourth-order valence-electron chi connectivity index (χ4n) is 3.06. The molecule has 7 nitrogen and oxygen atoms in total. The first-order valence-corrected chi connectivity index (χ1v) is 10.9. The van der Waals surface area contributed by atoms with Crippen LogP contribution in [-0.2, 0) is 16.4 Å². The van der Waals surface area contributed by atoms with Gasteiger partial charge in [0.2, 0.25) is 10.0 Å². The molecular formula is C22H20F2N2O5S. The Bertz CT molecular complexity index is 1220. The minimum absolute atomic E-state index is 0.0179. The van der Waals surface area contributed by atoms with E-state index in [4.69, 9.17) is 9.88 Å². The quantitative estimate of drug-likeness (QED) is 0.530. The lowest BCUT2D eigenvalue weighted by molar-refractivity contribution is -0.0503. The number of hydrogen-bond donors (Lipinski definition) is 2. The summed E-state index contributed by atoms with van der Waals surface area (Å²) in [5.74, 6) is -0.548. The van der Waals surface area contributed by atoms with E-state index in [0.29, 0.717) is 11.3 Å². The van der Waals surface area contributed by atoms with Crippen molar-refractivity contribution in [1.29, 1.82) is 0 Å². The second-order valence-corrected chi connectivity index (χ2v) is 8.29. The van der Waals surface area contributed by atoms with Crippen molar-refractivity contribution < 1.29 is 31.5 Å². The Morgan fingerprint density at radius 3 is 2.34 bits per heavy atom.